The van der Waals surface area contributed by atoms with Crippen molar-refractivity contribution in [2.45, 2.75) is 19.5 Å². The second-order valence-electron chi connectivity index (χ2n) is 4.50. The van der Waals surface area contributed by atoms with Gasteiger partial charge in [0.25, 0.3) is 0 Å². The first kappa shape index (κ1) is 11.4. The van der Waals surface area contributed by atoms with Gasteiger partial charge in [-0.1, -0.05) is 12.1 Å². The molecule has 2 heterocycles. The molecule has 0 N–H and O–H groups in total. The summed E-state index contributed by atoms with van der Waals surface area (Å²) in [6.45, 7) is 2.94. The molecule has 0 atom stereocenters. The van der Waals surface area contributed by atoms with E-state index in [1.54, 1.807) is 11.3 Å². The number of nitriles is 1. The lowest BCUT2D eigenvalue weighted by Gasteiger charge is -2.25. The highest BCUT2D eigenvalue weighted by Crippen LogP contribution is 2.22. The largest absolute Gasteiger partial charge is 0.294 e. The zero-order valence-corrected chi connectivity index (χ0v) is 10.8. The number of hydrogen-bond donors (Lipinski definition) is 0. The van der Waals surface area contributed by atoms with Gasteiger partial charge in [0, 0.05) is 30.9 Å². The Morgan fingerprint density at radius 1 is 1.44 bits per heavy atom. The van der Waals surface area contributed by atoms with Crippen molar-refractivity contribution in [2.75, 3.05) is 6.54 Å². The molecule has 4 heteroatoms. The summed E-state index contributed by atoms with van der Waals surface area (Å²) in [5, 5.41) is 8.90. The van der Waals surface area contributed by atoms with Crippen LogP contribution in [0.4, 0.5) is 0 Å². The Hall–Kier alpha value is -1.70. The summed E-state index contributed by atoms with van der Waals surface area (Å²) in [5.41, 5.74) is 5.15. The Morgan fingerprint density at radius 3 is 3.28 bits per heavy atom. The molecule has 0 saturated carbocycles. The molecule has 0 radical (unpaired) electrons. The second-order valence-corrected chi connectivity index (χ2v) is 5.43. The van der Waals surface area contributed by atoms with Gasteiger partial charge in [-0.05, 0) is 17.7 Å². The molecule has 1 aliphatic rings. The quantitative estimate of drug-likeness (QED) is 0.828. The van der Waals surface area contributed by atoms with Crippen molar-refractivity contribution >= 4 is 11.3 Å². The molecule has 2 aromatic rings. The summed E-state index contributed by atoms with van der Waals surface area (Å²) in [6, 6.07) is 10.1. The van der Waals surface area contributed by atoms with Crippen molar-refractivity contribution in [3.8, 4) is 6.07 Å². The van der Waals surface area contributed by atoms with Crippen LogP contribution in [0.1, 0.15) is 21.7 Å². The molecule has 0 saturated heterocycles. The molecule has 0 aliphatic carbocycles. The number of rotatable bonds is 2. The molecule has 0 fully saturated rings. The van der Waals surface area contributed by atoms with E-state index in [4.69, 9.17) is 5.26 Å². The summed E-state index contributed by atoms with van der Waals surface area (Å²) in [5.74, 6) is 0. The van der Waals surface area contributed by atoms with E-state index in [9.17, 15) is 0 Å². The van der Waals surface area contributed by atoms with E-state index >= 15 is 0 Å². The van der Waals surface area contributed by atoms with Crippen molar-refractivity contribution in [1.29, 1.82) is 5.26 Å². The normalized spacial score (nSPS) is 15.1. The van der Waals surface area contributed by atoms with Crippen LogP contribution in [0.15, 0.2) is 29.8 Å². The Balaban J connectivity index is 1.73. The smallest absolute Gasteiger partial charge is 0.0991 e. The molecule has 0 bridgehead atoms. The maximum absolute atomic E-state index is 8.90. The highest BCUT2D eigenvalue weighted by atomic mass is 32.1. The van der Waals surface area contributed by atoms with Gasteiger partial charge in [-0.3, -0.25) is 4.90 Å². The van der Waals surface area contributed by atoms with E-state index in [0.29, 0.717) is 0 Å². The molecule has 1 aromatic carbocycles. The third-order valence-corrected chi connectivity index (χ3v) is 4.08. The average molecular weight is 255 g/mol. The molecule has 0 amide bonds. The molecule has 90 valence electrons. The number of aromatic nitrogens is 1. The first-order chi connectivity index (χ1) is 8.85. The van der Waals surface area contributed by atoms with Gasteiger partial charge in [-0.25, -0.2) is 4.98 Å². The maximum Gasteiger partial charge on any atom is 0.0991 e. The van der Waals surface area contributed by atoms with Gasteiger partial charge in [0.15, 0.2) is 0 Å². The van der Waals surface area contributed by atoms with Gasteiger partial charge >= 0.3 is 0 Å². The van der Waals surface area contributed by atoms with Crippen LogP contribution in [-0.2, 0) is 19.5 Å². The predicted molar refractivity (Wildman–Crippen MR) is 71.1 cm³/mol. The Morgan fingerprint density at radius 2 is 2.39 bits per heavy atom. The van der Waals surface area contributed by atoms with Gasteiger partial charge in [0.1, 0.15) is 0 Å². The molecule has 1 aromatic heterocycles. The maximum atomic E-state index is 8.90. The molecule has 3 nitrogen and oxygen atoms in total. The highest BCUT2D eigenvalue weighted by molar-refractivity contribution is 7.09. The second kappa shape index (κ2) is 4.89. The molecular formula is C14H13N3S. The molecule has 3 rings (SSSR count). The monoisotopic (exact) mass is 255 g/mol. The third-order valence-electron chi connectivity index (χ3n) is 3.22. The number of benzene rings is 1. The number of thiazole rings is 1. The minimum atomic E-state index is 0.739. The SMILES string of the molecule is N#Cc1cccc(CN2CCc3ncsc3C2)c1. The van der Waals surface area contributed by atoms with Crippen LogP contribution in [0.5, 0.6) is 0 Å². The van der Waals surface area contributed by atoms with Gasteiger partial charge in [-0.2, -0.15) is 5.26 Å². The Kier molecular flexibility index (Phi) is 3.09. The van der Waals surface area contributed by atoms with Crippen LogP contribution in [0.2, 0.25) is 0 Å². The fraction of sp³-hybridized carbons (Fsp3) is 0.286. The van der Waals surface area contributed by atoms with E-state index in [1.807, 2.05) is 23.7 Å². The fourth-order valence-electron chi connectivity index (χ4n) is 2.30. The highest BCUT2D eigenvalue weighted by Gasteiger charge is 2.18. The van der Waals surface area contributed by atoms with E-state index in [2.05, 4.69) is 22.0 Å². The van der Waals surface area contributed by atoms with Gasteiger partial charge in [0.2, 0.25) is 0 Å². The van der Waals surface area contributed by atoms with Gasteiger partial charge in [-0.15, -0.1) is 11.3 Å². The zero-order valence-electron chi connectivity index (χ0n) is 9.97. The minimum absolute atomic E-state index is 0.739. The Labute approximate surface area is 110 Å². The van der Waals surface area contributed by atoms with Crippen LogP contribution >= 0.6 is 11.3 Å². The van der Waals surface area contributed by atoms with E-state index < -0.39 is 0 Å². The number of fused-ring (bicyclic) bond motifs is 1. The number of nitrogens with zero attached hydrogens (tertiary/aromatic N) is 3. The molecule has 18 heavy (non-hydrogen) atoms. The summed E-state index contributed by atoms with van der Waals surface area (Å²) in [6.07, 6.45) is 1.04. The summed E-state index contributed by atoms with van der Waals surface area (Å²) in [4.78, 5) is 8.17. The van der Waals surface area contributed by atoms with E-state index in [-0.39, 0.29) is 0 Å². The van der Waals surface area contributed by atoms with Crippen molar-refractivity contribution in [1.82, 2.24) is 9.88 Å². The summed E-state index contributed by atoms with van der Waals surface area (Å²) >= 11 is 1.74. The first-order valence-corrected chi connectivity index (χ1v) is 6.86. The van der Waals surface area contributed by atoms with E-state index in [0.717, 1.165) is 31.6 Å². The average Bonchev–Trinajstić information content (AvgIpc) is 2.86. The zero-order chi connectivity index (χ0) is 12.4. The molecular weight excluding hydrogens is 242 g/mol. The molecule has 1 aliphatic heterocycles. The first-order valence-electron chi connectivity index (χ1n) is 5.98. The van der Waals surface area contributed by atoms with Crippen LogP contribution in [0, 0.1) is 11.3 Å². The van der Waals surface area contributed by atoms with Crippen molar-refractivity contribution in [2.24, 2.45) is 0 Å². The lowest BCUT2D eigenvalue weighted by molar-refractivity contribution is 0.247. The molecule has 0 spiro atoms. The summed E-state index contributed by atoms with van der Waals surface area (Å²) in [7, 11) is 0. The fourth-order valence-corrected chi connectivity index (χ4v) is 3.16. The van der Waals surface area contributed by atoms with E-state index in [1.165, 1.54) is 16.1 Å². The minimum Gasteiger partial charge on any atom is -0.294 e. The summed E-state index contributed by atoms with van der Waals surface area (Å²) < 4.78 is 0. The van der Waals surface area contributed by atoms with Crippen LogP contribution in [0.3, 0.4) is 0 Å². The van der Waals surface area contributed by atoms with Crippen molar-refractivity contribution < 1.29 is 0 Å². The topological polar surface area (TPSA) is 39.9 Å². The van der Waals surface area contributed by atoms with Crippen molar-refractivity contribution in [3.05, 3.63) is 51.5 Å². The predicted octanol–water partition coefficient (Wildman–Crippen LogP) is 2.57. The lowest BCUT2D eigenvalue weighted by Crippen LogP contribution is -2.29. The number of hydrogen-bond acceptors (Lipinski definition) is 4. The standard InChI is InChI=1S/C14H13N3S/c15-7-11-2-1-3-12(6-11)8-17-5-4-13-14(9-17)18-10-16-13/h1-3,6,10H,4-5,8-9H2. The van der Waals surface area contributed by atoms with Crippen molar-refractivity contribution in [3.63, 3.8) is 0 Å². The lowest BCUT2D eigenvalue weighted by atomic mass is 10.1. The molecule has 0 unspecified atom stereocenters. The van der Waals surface area contributed by atoms with Crippen LogP contribution in [-0.4, -0.2) is 16.4 Å². The van der Waals surface area contributed by atoms with Crippen LogP contribution in [0.25, 0.3) is 0 Å². The Bertz CT molecular complexity index is 597. The van der Waals surface area contributed by atoms with Crippen LogP contribution < -0.4 is 0 Å². The third kappa shape index (κ3) is 2.28. The van der Waals surface area contributed by atoms with Gasteiger partial charge < -0.3 is 0 Å². The van der Waals surface area contributed by atoms with Gasteiger partial charge in [0.05, 0.1) is 22.8 Å².